The van der Waals surface area contributed by atoms with E-state index in [1.165, 1.54) is 30.5 Å². The van der Waals surface area contributed by atoms with Crippen molar-refractivity contribution in [1.82, 2.24) is 15.3 Å². The molecular formula is C22H22N4O8. The number of esters is 2. The molecule has 0 fully saturated rings. The third-order valence-corrected chi connectivity index (χ3v) is 5.07. The Morgan fingerprint density at radius 2 is 1.94 bits per heavy atom. The minimum absolute atomic E-state index is 0.00622. The molecule has 34 heavy (non-hydrogen) atoms. The van der Waals surface area contributed by atoms with Gasteiger partial charge in [-0.25, -0.2) is 14.6 Å². The van der Waals surface area contributed by atoms with Crippen LogP contribution in [0.1, 0.15) is 30.7 Å². The van der Waals surface area contributed by atoms with Gasteiger partial charge in [-0.15, -0.1) is 0 Å². The Morgan fingerprint density at radius 3 is 2.53 bits per heavy atom. The summed E-state index contributed by atoms with van der Waals surface area (Å²) in [5.41, 5.74) is 0.0269. The normalized spacial score (nSPS) is 15.5. The summed E-state index contributed by atoms with van der Waals surface area (Å²) < 4.78 is 10.1. The monoisotopic (exact) mass is 470 g/mol. The number of nitro benzene ring substituents is 1. The average Bonchev–Trinajstić information content (AvgIpc) is 3.31. The summed E-state index contributed by atoms with van der Waals surface area (Å²) >= 11 is 0. The van der Waals surface area contributed by atoms with Gasteiger partial charge in [0.15, 0.2) is 0 Å². The number of hydrogen-bond donors (Lipinski definition) is 3. The molecule has 1 aromatic carbocycles. The number of methoxy groups -OCH3 is 1. The summed E-state index contributed by atoms with van der Waals surface area (Å²) in [4.78, 5) is 55.5. The predicted octanol–water partition coefficient (Wildman–Crippen LogP) is 1.97. The van der Waals surface area contributed by atoms with Crippen LogP contribution in [0.25, 0.3) is 0 Å². The predicted molar refractivity (Wildman–Crippen MR) is 116 cm³/mol. The van der Waals surface area contributed by atoms with Crippen LogP contribution in [0.5, 0.6) is 0 Å². The molecule has 0 spiro atoms. The van der Waals surface area contributed by atoms with Crippen molar-refractivity contribution in [2.75, 3.05) is 13.7 Å². The maximum atomic E-state index is 13.1. The number of nitrogens with one attached hydrogen (secondary N) is 2. The molecule has 1 aliphatic rings. The van der Waals surface area contributed by atoms with Crippen LogP contribution in [-0.4, -0.2) is 51.6 Å². The average molecular weight is 470 g/mol. The van der Waals surface area contributed by atoms with Crippen molar-refractivity contribution in [1.29, 1.82) is 0 Å². The van der Waals surface area contributed by atoms with Gasteiger partial charge in [0.25, 0.3) is 5.69 Å². The van der Waals surface area contributed by atoms with E-state index < -0.39 is 35.2 Å². The Hall–Kier alpha value is -4.48. The molecule has 2 aromatic rings. The molecule has 2 heterocycles. The lowest BCUT2D eigenvalue weighted by atomic mass is 9.79. The first-order valence-electron chi connectivity index (χ1n) is 10.2. The topological polar surface area (TPSA) is 174 Å². The number of rotatable bonds is 9. The van der Waals surface area contributed by atoms with Crippen molar-refractivity contribution in [3.63, 3.8) is 0 Å². The van der Waals surface area contributed by atoms with Crippen molar-refractivity contribution in [2.45, 2.75) is 25.7 Å². The van der Waals surface area contributed by atoms with Crippen molar-refractivity contribution < 1.29 is 33.9 Å². The Labute approximate surface area is 193 Å². The Balaban J connectivity index is 2.32. The SMILES string of the molecule is CCOC(=O)C1=C(Cc2ncc[nH]2)NC(CC(=O)O)=C(C(=O)OC)C1c1cccc([N+](=O)[O-])c1. The first-order valence-corrected chi connectivity index (χ1v) is 10.2. The van der Waals surface area contributed by atoms with E-state index in [9.17, 15) is 29.6 Å². The number of carboxylic acid groups (broad SMARTS) is 1. The van der Waals surface area contributed by atoms with Gasteiger partial charge in [-0.1, -0.05) is 12.1 Å². The zero-order valence-corrected chi connectivity index (χ0v) is 18.4. The van der Waals surface area contributed by atoms with Crippen LogP contribution in [0, 0.1) is 10.1 Å². The molecule has 3 N–H and O–H groups in total. The molecule has 12 nitrogen and oxygen atoms in total. The molecule has 3 rings (SSSR count). The highest BCUT2D eigenvalue weighted by Crippen LogP contribution is 2.41. The zero-order chi connectivity index (χ0) is 24.8. The molecule has 1 aromatic heterocycles. The van der Waals surface area contributed by atoms with E-state index >= 15 is 0 Å². The van der Waals surface area contributed by atoms with E-state index in [1.807, 2.05) is 0 Å². The molecule has 12 heteroatoms. The number of hydrogen-bond acceptors (Lipinski definition) is 9. The number of ether oxygens (including phenoxy) is 2. The molecule has 0 aliphatic carbocycles. The van der Waals surface area contributed by atoms with Crippen LogP contribution in [0.2, 0.25) is 0 Å². The number of allylic oxidation sites excluding steroid dienone is 1. The van der Waals surface area contributed by atoms with E-state index in [-0.39, 0.29) is 46.8 Å². The quantitative estimate of drug-likeness (QED) is 0.279. The van der Waals surface area contributed by atoms with Crippen LogP contribution in [-0.2, 0) is 30.3 Å². The lowest BCUT2D eigenvalue weighted by molar-refractivity contribution is -0.384. The maximum Gasteiger partial charge on any atom is 0.336 e. The molecule has 1 aliphatic heterocycles. The van der Waals surface area contributed by atoms with Crippen LogP contribution < -0.4 is 5.32 Å². The number of non-ortho nitro benzene ring substituents is 1. The number of aromatic nitrogens is 2. The number of dihydropyridines is 1. The Bertz CT molecular complexity index is 1180. The lowest BCUT2D eigenvalue weighted by Crippen LogP contribution is -2.35. The number of benzene rings is 1. The highest BCUT2D eigenvalue weighted by atomic mass is 16.6. The molecule has 0 amide bonds. The first kappa shape index (κ1) is 24.2. The summed E-state index contributed by atoms with van der Waals surface area (Å²) in [5, 5.41) is 23.8. The fourth-order valence-electron chi connectivity index (χ4n) is 3.75. The summed E-state index contributed by atoms with van der Waals surface area (Å²) in [5.74, 6) is -3.63. The highest BCUT2D eigenvalue weighted by Gasteiger charge is 2.40. The van der Waals surface area contributed by atoms with E-state index in [4.69, 9.17) is 9.47 Å². The van der Waals surface area contributed by atoms with Gasteiger partial charge in [-0.2, -0.15) is 0 Å². The second kappa shape index (κ2) is 10.4. The number of nitro groups is 1. The molecule has 1 atom stereocenters. The summed E-state index contributed by atoms with van der Waals surface area (Å²) in [7, 11) is 1.12. The summed E-state index contributed by atoms with van der Waals surface area (Å²) in [6.45, 7) is 1.63. The zero-order valence-electron chi connectivity index (χ0n) is 18.4. The number of nitrogens with zero attached hydrogens (tertiary/aromatic N) is 2. The minimum atomic E-state index is -1.24. The second-order valence-electron chi connectivity index (χ2n) is 7.19. The second-order valence-corrected chi connectivity index (χ2v) is 7.19. The molecule has 0 bridgehead atoms. The Morgan fingerprint density at radius 1 is 1.21 bits per heavy atom. The van der Waals surface area contributed by atoms with Crippen LogP contribution >= 0.6 is 0 Å². The molecule has 1 unspecified atom stereocenters. The van der Waals surface area contributed by atoms with Gasteiger partial charge in [-0.05, 0) is 12.5 Å². The third kappa shape index (κ3) is 5.11. The lowest BCUT2D eigenvalue weighted by Gasteiger charge is -2.32. The highest BCUT2D eigenvalue weighted by molar-refractivity contribution is 6.00. The van der Waals surface area contributed by atoms with Crippen LogP contribution in [0.15, 0.2) is 59.2 Å². The summed E-state index contributed by atoms with van der Waals surface area (Å²) in [6, 6.07) is 5.41. The third-order valence-electron chi connectivity index (χ3n) is 5.07. The number of aromatic amines is 1. The van der Waals surface area contributed by atoms with Crippen molar-refractivity contribution in [3.05, 3.63) is 80.7 Å². The molecule has 0 saturated heterocycles. The van der Waals surface area contributed by atoms with Gasteiger partial charge in [0.2, 0.25) is 0 Å². The maximum absolute atomic E-state index is 13.1. The van der Waals surface area contributed by atoms with Crippen molar-refractivity contribution >= 4 is 23.6 Å². The molecule has 0 radical (unpaired) electrons. The number of carbonyl (C=O) groups excluding carboxylic acids is 2. The summed E-state index contributed by atoms with van der Waals surface area (Å²) in [6.07, 6.45) is 2.54. The number of imidazole rings is 1. The number of carboxylic acids is 1. The van der Waals surface area contributed by atoms with E-state index in [0.717, 1.165) is 7.11 Å². The van der Waals surface area contributed by atoms with Gasteiger partial charge in [0, 0.05) is 42.3 Å². The van der Waals surface area contributed by atoms with Crippen molar-refractivity contribution in [2.24, 2.45) is 0 Å². The fourth-order valence-corrected chi connectivity index (χ4v) is 3.75. The largest absolute Gasteiger partial charge is 0.481 e. The van der Waals surface area contributed by atoms with Crippen LogP contribution in [0.3, 0.4) is 0 Å². The van der Waals surface area contributed by atoms with Gasteiger partial charge in [0.1, 0.15) is 5.82 Å². The van der Waals surface area contributed by atoms with Crippen molar-refractivity contribution in [3.8, 4) is 0 Å². The van der Waals surface area contributed by atoms with Gasteiger partial charge in [0.05, 0.1) is 42.1 Å². The van der Waals surface area contributed by atoms with Gasteiger partial charge >= 0.3 is 17.9 Å². The van der Waals surface area contributed by atoms with Gasteiger partial charge in [-0.3, -0.25) is 14.9 Å². The number of carbonyl (C=O) groups is 3. The van der Waals surface area contributed by atoms with Crippen LogP contribution in [0.4, 0.5) is 5.69 Å². The molecule has 178 valence electrons. The molecule has 0 saturated carbocycles. The smallest absolute Gasteiger partial charge is 0.336 e. The number of aliphatic carboxylic acids is 1. The van der Waals surface area contributed by atoms with E-state index in [2.05, 4.69) is 15.3 Å². The standard InChI is InChI=1S/C22H22N4O8/c1-3-34-22(30)20-14(10-16-23-7-8-24-16)25-15(11-17(27)28)19(21(29)33-2)18(20)12-5-4-6-13(9-12)26(31)32/h4-9,18,25H,3,10-11H2,1-2H3,(H,23,24)(H,27,28). The minimum Gasteiger partial charge on any atom is -0.481 e. The van der Waals surface area contributed by atoms with E-state index in [1.54, 1.807) is 13.1 Å². The Kier molecular flexibility index (Phi) is 7.41. The van der Waals surface area contributed by atoms with E-state index in [0.29, 0.717) is 5.82 Å². The molecular weight excluding hydrogens is 448 g/mol. The number of H-pyrrole nitrogens is 1. The first-order chi connectivity index (χ1) is 16.3. The fraction of sp³-hybridized carbons (Fsp3) is 0.273. The van der Waals surface area contributed by atoms with Gasteiger partial charge < -0.3 is 24.9 Å².